The summed E-state index contributed by atoms with van der Waals surface area (Å²) in [6.07, 6.45) is 0. The van der Waals surface area contributed by atoms with Crippen LogP contribution in [0.4, 0.5) is 17.1 Å². The Morgan fingerprint density at radius 2 is 0.750 bits per heavy atom. The predicted octanol–water partition coefficient (Wildman–Crippen LogP) is 15.9. The molecule has 0 saturated heterocycles. The van der Waals surface area contributed by atoms with Crippen molar-refractivity contribution < 1.29 is 0 Å². The highest BCUT2D eigenvalue weighted by Gasteiger charge is 2.21. The summed E-state index contributed by atoms with van der Waals surface area (Å²) >= 11 is 1.86. The van der Waals surface area contributed by atoms with Gasteiger partial charge in [-0.3, -0.25) is 0 Å². The summed E-state index contributed by atoms with van der Waals surface area (Å²) in [5, 5.41) is 2.60. The maximum atomic E-state index is 2.43. The number of rotatable bonds is 8. The molecule has 0 atom stereocenters. The Hall–Kier alpha value is -7.00. The Morgan fingerprint density at radius 3 is 1.43 bits per heavy atom. The van der Waals surface area contributed by atoms with E-state index in [1.54, 1.807) is 0 Å². The largest absolute Gasteiger partial charge is 0.310 e. The van der Waals surface area contributed by atoms with Crippen molar-refractivity contribution in [2.75, 3.05) is 4.90 Å². The number of benzene rings is 9. The lowest BCUT2D eigenvalue weighted by atomic mass is 9.89. The minimum Gasteiger partial charge on any atom is -0.310 e. The van der Waals surface area contributed by atoms with Gasteiger partial charge in [-0.2, -0.15) is 0 Å². The van der Waals surface area contributed by atoms with E-state index >= 15 is 0 Å². The van der Waals surface area contributed by atoms with Gasteiger partial charge >= 0.3 is 0 Å². The molecule has 0 bridgehead atoms. The van der Waals surface area contributed by atoms with Gasteiger partial charge in [-0.15, -0.1) is 11.3 Å². The molecule has 0 N–H and O–H groups in total. The van der Waals surface area contributed by atoms with Gasteiger partial charge < -0.3 is 4.90 Å². The first-order valence-corrected chi connectivity index (χ1v) is 19.9. The fraction of sp³-hybridized carbons (Fsp3) is 0. The van der Waals surface area contributed by atoms with E-state index in [2.05, 4.69) is 229 Å². The van der Waals surface area contributed by atoms with Crippen LogP contribution in [0.25, 0.3) is 75.8 Å². The molecule has 56 heavy (non-hydrogen) atoms. The number of hydrogen-bond acceptors (Lipinski definition) is 2. The van der Waals surface area contributed by atoms with E-state index in [1.807, 2.05) is 11.3 Å². The SMILES string of the molecule is c1ccc(-c2ccc(N(c3ccc4c(c3)sc3ccccc34)c3ccc(-c4ccc(-c5ccccc5)cc4-c4ccccc4)cc3-c3ccccc3)cc2)cc1. The summed E-state index contributed by atoms with van der Waals surface area (Å²) < 4.78 is 2.58. The van der Waals surface area contributed by atoms with E-state index in [0.29, 0.717) is 0 Å². The molecule has 1 nitrogen and oxygen atoms in total. The molecular weight excluding hydrogens is 695 g/mol. The highest BCUT2D eigenvalue weighted by Crippen LogP contribution is 2.46. The van der Waals surface area contributed by atoms with E-state index in [1.165, 1.54) is 70.2 Å². The number of hydrogen-bond donors (Lipinski definition) is 0. The fourth-order valence-electron chi connectivity index (χ4n) is 7.92. The normalized spacial score (nSPS) is 11.2. The molecule has 0 amide bonds. The molecule has 0 aliphatic rings. The smallest absolute Gasteiger partial charge is 0.0540 e. The highest BCUT2D eigenvalue weighted by molar-refractivity contribution is 7.25. The Labute approximate surface area is 332 Å². The van der Waals surface area contributed by atoms with Crippen LogP contribution in [0.2, 0.25) is 0 Å². The molecule has 0 radical (unpaired) electrons. The van der Waals surface area contributed by atoms with Crippen molar-refractivity contribution in [3.8, 4) is 55.6 Å². The first-order chi connectivity index (χ1) is 27.8. The minimum atomic E-state index is 1.10. The summed E-state index contributed by atoms with van der Waals surface area (Å²) in [5.74, 6) is 0. The summed E-state index contributed by atoms with van der Waals surface area (Å²) in [5.41, 5.74) is 15.3. The van der Waals surface area contributed by atoms with E-state index in [-0.39, 0.29) is 0 Å². The molecule has 0 fully saturated rings. The van der Waals surface area contributed by atoms with E-state index in [0.717, 1.165) is 22.6 Å². The standard InChI is InChI=1S/C54H37NS/c1-5-15-38(16-6-1)40-25-29-45(30-26-40)55(46-31-33-49-48-23-13-14-24-53(48)56-54(49)37-46)52-34-28-44(36-51(52)42-21-11-4-12-22-42)47-32-27-43(39-17-7-2-8-18-39)35-50(47)41-19-9-3-10-20-41/h1-37H. The van der Waals surface area contributed by atoms with Gasteiger partial charge in [-0.25, -0.2) is 0 Å². The van der Waals surface area contributed by atoms with Crippen molar-refractivity contribution in [3.05, 3.63) is 224 Å². The number of thiophene rings is 1. The quantitative estimate of drug-likeness (QED) is 0.150. The molecular formula is C54H37NS. The molecule has 264 valence electrons. The van der Waals surface area contributed by atoms with E-state index in [9.17, 15) is 0 Å². The van der Waals surface area contributed by atoms with Crippen LogP contribution in [0.3, 0.4) is 0 Å². The maximum absolute atomic E-state index is 2.43. The van der Waals surface area contributed by atoms with Crippen LogP contribution < -0.4 is 4.90 Å². The van der Waals surface area contributed by atoms with Crippen LogP contribution in [-0.4, -0.2) is 0 Å². The second-order valence-corrected chi connectivity index (χ2v) is 15.2. The van der Waals surface area contributed by atoms with Crippen molar-refractivity contribution in [1.29, 1.82) is 0 Å². The zero-order valence-corrected chi connectivity index (χ0v) is 31.5. The number of nitrogens with zero attached hydrogens (tertiary/aromatic N) is 1. The van der Waals surface area contributed by atoms with Crippen molar-refractivity contribution in [1.82, 2.24) is 0 Å². The molecule has 0 aliphatic carbocycles. The van der Waals surface area contributed by atoms with Crippen LogP contribution in [0.15, 0.2) is 224 Å². The first kappa shape index (κ1) is 33.6. The van der Waals surface area contributed by atoms with Gasteiger partial charge in [0.1, 0.15) is 0 Å². The first-order valence-electron chi connectivity index (χ1n) is 19.1. The molecule has 0 spiro atoms. The summed E-state index contributed by atoms with van der Waals surface area (Å²) in [6, 6.07) is 81.4. The van der Waals surface area contributed by atoms with Crippen molar-refractivity contribution in [3.63, 3.8) is 0 Å². The lowest BCUT2D eigenvalue weighted by Gasteiger charge is -2.29. The lowest BCUT2D eigenvalue weighted by Crippen LogP contribution is -2.11. The lowest BCUT2D eigenvalue weighted by molar-refractivity contribution is 1.29. The third kappa shape index (κ3) is 6.36. The second-order valence-electron chi connectivity index (χ2n) is 14.1. The third-order valence-electron chi connectivity index (χ3n) is 10.7. The van der Waals surface area contributed by atoms with Gasteiger partial charge in [-0.05, 0) is 98.6 Å². The number of fused-ring (bicyclic) bond motifs is 3. The Kier molecular flexibility index (Phi) is 8.79. The van der Waals surface area contributed by atoms with Gasteiger partial charge in [0, 0.05) is 37.1 Å². The second kappa shape index (κ2) is 14.7. The van der Waals surface area contributed by atoms with Crippen LogP contribution in [0.1, 0.15) is 0 Å². The van der Waals surface area contributed by atoms with E-state index < -0.39 is 0 Å². The van der Waals surface area contributed by atoms with Crippen molar-refractivity contribution >= 4 is 48.6 Å². The fourth-order valence-corrected chi connectivity index (χ4v) is 9.06. The van der Waals surface area contributed by atoms with Gasteiger partial charge in [0.15, 0.2) is 0 Å². The van der Waals surface area contributed by atoms with Crippen molar-refractivity contribution in [2.24, 2.45) is 0 Å². The molecule has 1 aromatic heterocycles. The predicted molar refractivity (Wildman–Crippen MR) is 241 cm³/mol. The molecule has 0 saturated carbocycles. The molecule has 10 rings (SSSR count). The monoisotopic (exact) mass is 731 g/mol. The maximum Gasteiger partial charge on any atom is 0.0540 e. The minimum absolute atomic E-state index is 1.10. The van der Waals surface area contributed by atoms with Gasteiger partial charge in [0.25, 0.3) is 0 Å². The van der Waals surface area contributed by atoms with Gasteiger partial charge in [0.2, 0.25) is 0 Å². The molecule has 10 aromatic rings. The Morgan fingerprint density at radius 1 is 0.268 bits per heavy atom. The van der Waals surface area contributed by atoms with Crippen LogP contribution >= 0.6 is 11.3 Å². The molecule has 0 unspecified atom stereocenters. The Bertz CT molecular complexity index is 2930. The molecule has 1 heterocycles. The topological polar surface area (TPSA) is 3.24 Å². The summed E-state index contributed by atoms with van der Waals surface area (Å²) in [7, 11) is 0. The van der Waals surface area contributed by atoms with E-state index in [4.69, 9.17) is 0 Å². The molecule has 0 aliphatic heterocycles. The highest BCUT2D eigenvalue weighted by atomic mass is 32.1. The van der Waals surface area contributed by atoms with Gasteiger partial charge in [-0.1, -0.05) is 176 Å². The average Bonchev–Trinajstić information content (AvgIpc) is 3.66. The summed E-state index contributed by atoms with van der Waals surface area (Å²) in [6.45, 7) is 0. The zero-order chi connectivity index (χ0) is 37.3. The number of anilines is 3. The summed E-state index contributed by atoms with van der Waals surface area (Å²) in [4.78, 5) is 2.43. The molecule has 9 aromatic carbocycles. The van der Waals surface area contributed by atoms with Crippen molar-refractivity contribution in [2.45, 2.75) is 0 Å². The third-order valence-corrected chi connectivity index (χ3v) is 11.8. The van der Waals surface area contributed by atoms with Crippen LogP contribution in [-0.2, 0) is 0 Å². The zero-order valence-electron chi connectivity index (χ0n) is 30.7. The Balaban J connectivity index is 1.18. The van der Waals surface area contributed by atoms with Crippen LogP contribution in [0.5, 0.6) is 0 Å². The van der Waals surface area contributed by atoms with Gasteiger partial charge in [0.05, 0.1) is 5.69 Å². The average molecular weight is 732 g/mol. The van der Waals surface area contributed by atoms with Crippen LogP contribution in [0, 0.1) is 0 Å². The molecule has 2 heteroatoms.